The highest BCUT2D eigenvalue weighted by Crippen LogP contribution is 2.21. The first-order valence-corrected chi connectivity index (χ1v) is 4.74. The van der Waals surface area contributed by atoms with Gasteiger partial charge in [-0.05, 0) is 19.3 Å². The summed E-state index contributed by atoms with van der Waals surface area (Å²) in [5.41, 5.74) is 0. The number of hydrogen-bond donors (Lipinski definition) is 1. The summed E-state index contributed by atoms with van der Waals surface area (Å²) in [5.74, 6) is 0. The molecule has 1 fully saturated rings. The van der Waals surface area contributed by atoms with Crippen molar-refractivity contribution >= 4 is 0 Å². The van der Waals surface area contributed by atoms with E-state index in [-0.39, 0.29) is 0 Å². The largest absolute Gasteiger partial charge is 0.383 e. The quantitative estimate of drug-likeness (QED) is 0.577. The summed E-state index contributed by atoms with van der Waals surface area (Å²) in [6, 6.07) is 0. The lowest BCUT2D eigenvalue weighted by atomic mass is 9.96. The number of nitrogens with one attached hydrogen (secondary N) is 1. The summed E-state index contributed by atoms with van der Waals surface area (Å²) < 4.78 is 10.5. The molecule has 3 heteroatoms. The molecule has 1 N–H and O–H groups in total. The first-order chi connectivity index (χ1) is 5.93. The zero-order chi connectivity index (χ0) is 8.65. The third-order valence-electron chi connectivity index (χ3n) is 2.17. The van der Waals surface area contributed by atoms with Gasteiger partial charge in [-0.1, -0.05) is 0 Å². The van der Waals surface area contributed by atoms with Crippen molar-refractivity contribution in [3.8, 4) is 0 Å². The van der Waals surface area contributed by atoms with Crippen molar-refractivity contribution < 1.29 is 9.47 Å². The Kier molecular flexibility index (Phi) is 5.32. The second kappa shape index (κ2) is 6.40. The number of ether oxygens (including phenoxy) is 2. The lowest BCUT2D eigenvalue weighted by Crippen LogP contribution is -2.28. The molecule has 0 aliphatic heterocycles. The van der Waals surface area contributed by atoms with Gasteiger partial charge in [0.05, 0.1) is 19.3 Å². The Morgan fingerprint density at radius 2 is 2.00 bits per heavy atom. The summed E-state index contributed by atoms with van der Waals surface area (Å²) in [6.07, 6.45) is 4.44. The van der Waals surface area contributed by atoms with Crippen molar-refractivity contribution in [2.24, 2.45) is 0 Å². The second-order valence-corrected chi connectivity index (χ2v) is 3.17. The smallest absolute Gasteiger partial charge is 0.0594 e. The maximum Gasteiger partial charge on any atom is 0.0594 e. The van der Waals surface area contributed by atoms with E-state index in [9.17, 15) is 0 Å². The summed E-state index contributed by atoms with van der Waals surface area (Å²) in [7, 11) is 1.71. The van der Waals surface area contributed by atoms with Gasteiger partial charge in [-0.2, -0.15) is 0 Å². The lowest BCUT2D eigenvalue weighted by Gasteiger charge is -2.25. The predicted molar refractivity (Wildman–Crippen MR) is 48.3 cm³/mol. The zero-order valence-electron chi connectivity index (χ0n) is 7.84. The molecular formula is C9H19NO2. The van der Waals surface area contributed by atoms with Gasteiger partial charge < -0.3 is 14.8 Å². The molecule has 72 valence electrons. The first kappa shape index (κ1) is 9.96. The molecule has 1 rings (SSSR count). The van der Waals surface area contributed by atoms with Gasteiger partial charge in [0, 0.05) is 20.2 Å². The van der Waals surface area contributed by atoms with Crippen LogP contribution in [0.1, 0.15) is 19.3 Å². The van der Waals surface area contributed by atoms with Gasteiger partial charge >= 0.3 is 0 Å². The molecule has 0 bridgehead atoms. The molecule has 0 spiro atoms. The molecular weight excluding hydrogens is 154 g/mol. The van der Waals surface area contributed by atoms with E-state index >= 15 is 0 Å². The fourth-order valence-electron chi connectivity index (χ4n) is 1.13. The van der Waals surface area contributed by atoms with Crippen molar-refractivity contribution in [3.63, 3.8) is 0 Å². The maximum absolute atomic E-state index is 5.55. The minimum atomic E-state index is 0.564. The van der Waals surface area contributed by atoms with Gasteiger partial charge in [0.1, 0.15) is 0 Å². The molecule has 0 aromatic heterocycles. The standard InChI is InChI=1S/C9H19NO2/c1-11-7-5-10-6-8-12-9-3-2-4-9/h9-10H,2-8H2,1H3. The van der Waals surface area contributed by atoms with Crippen LogP contribution in [0.15, 0.2) is 0 Å². The van der Waals surface area contributed by atoms with Gasteiger partial charge in [-0.15, -0.1) is 0 Å². The van der Waals surface area contributed by atoms with Crippen LogP contribution in [0.2, 0.25) is 0 Å². The average Bonchev–Trinajstić information content (AvgIpc) is 2.00. The lowest BCUT2D eigenvalue weighted by molar-refractivity contribution is 0.00396. The molecule has 12 heavy (non-hydrogen) atoms. The Morgan fingerprint density at radius 3 is 2.58 bits per heavy atom. The van der Waals surface area contributed by atoms with Gasteiger partial charge in [-0.25, -0.2) is 0 Å². The fraction of sp³-hybridized carbons (Fsp3) is 1.00. The molecule has 0 heterocycles. The number of hydrogen-bond acceptors (Lipinski definition) is 3. The highest BCUT2D eigenvalue weighted by molar-refractivity contribution is 4.68. The minimum absolute atomic E-state index is 0.564. The summed E-state index contributed by atoms with van der Waals surface area (Å²) >= 11 is 0. The van der Waals surface area contributed by atoms with Crippen LogP contribution in [-0.4, -0.2) is 39.5 Å². The SMILES string of the molecule is COCCNCCOC1CCC1. The zero-order valence-corrected chi connectivity index (χ0v) is 7.84. The second-order valence-electron chi connectivity index (χ2n) is 3.17. The molecule has 3 nitrogen and oxygen atoms in total. The van der Waals surface area contributed by atoms with E-state index in [1.807, 2.05) is 0 Å². The summed E-state index contributed by atoms with van der Waals surface area (Å²) in [4.78, 5) is 0. The van der Waals surface area contributed by atoms with E-state index in [4.69, 9.17) is 9.47 Å². The molecule has 1 saturated carbocycles. The molecule has 0 amide bonds. The summed E-state index contributed by atoms with van der Waals surface area (Å²) in [5, 5.41) is 3.24. The van der Waals surface area contributed by atoms with Crippen LogP contribution in [-0.2, 0) is 9.47 Å². The van der Waals surface area contributed by atoms with Gasteiger partial charge in [0.25, 0.3) is 0 Å². The van der Waals surface area contributed by atoms with Gasteiger partial charge in [-0.3, -0.25) is 0 Å². The van der Waals surface area contributed by atoms with Crippen LogP contribution in [0.3, 0.4) is 0 Å². The third kappa shape index (κ3) is 4.04. The van der Waals surface area contributed by atoms with Gasteiger partial charge in [0.2, 0.25) is 0 Å². The van der Waals surface area contributed by atoms with E-state index in [0.29, 0.717) is 6.10 Å². The van der Waals surface area contributed by atoms with Crippen LogP contribution in [0.5, 0.6) is 0 Å². The monoisotopic (exact) mass is 173 g/mol. The van der Waals surface area contributed by atoms with Gasteiger partial charge in [0.15, 0.2) is 0 Å². The molecule has 1 aliphatic carbocycles. The maximum atomic E-state index is 5.55. The Hall–Kier alpha value is -0.120. The molecule has 0 atom stereocenters. The highest BCUT2D eigenvalue weighted by atomic mass is 16.5. The van der Waals surface area contributed by atoms with Crippen molar-refractivity contribution in [3.05, 3.63) is 0 Å². The van der Waals surface area contributed by atoms with E-state index in [1.165, 1.54) is 19.3 Å². The molecule has 0 aromatic rings. The molecule has 0 saturated heterocycles. The fourth-order valence-corrected chi connectivity index (χ4v) is 1.13. The predicted octanol–water partition coefficient (Wildman–Crippen LogP) is 0.791. The Bertz CT molecular complexity index is 105. The Balaban J connectivity index is 1.70. The third-order valence-corrected chi connectivity index (χ3v) is 2.17. The van der Waals surface area contributed by atoms with Crippen LogP contribution >= 0.6 is 0 Å². The van der Waals surface area contributed by atoms with Crippen LogP contribution in [0.4, 0.5) is 0 Å². The minimum Gasteiger partial charge on any atom is -0.383 e. The van der Waals surface area contributed by atoms with Crippen molar-refractivity contribution in [2.45, 2.75) is 25.4 Å². The van der Waals surface area contributed by atoms with Crippen molar-refractivity contribution in [1.82, 2.24) is 5.32 Å². The Labute approximate surface area is 74.4 Å². The van der Waals surface area contributed by atoms with Crippen molar-refractivity contribution in [1.29, 1.82) is 0 Å². The Morgan fingerprint density at radius 1 is 1.25 bits per heavy atom. The first-order valence-electron chi connectivity index (χ1n) is 4.74. The molecule has 0 unspecified atom stereocenters. The number of methoxy groups -OCH3 is 1. The normalized spacial score (nSPS) is 17.8. The summed E-state index contributed by atoms with van der Waals surface area (Å²) in [6.45, 7) is 3.49. The molecule has 0 radical (unpaired) electrons. The van der Waals surface area contributed by atoms with Crippen LogP contribution in [0.25, 0.3) is 0 Å². The van der Waals surface area contributed by atoms with Crippen LogP contribution in [0, 0.1) is 0 Å². The molecule has 1 aliphatic rings. The van der Waals surface area contributed by atoms with Crippen LogP contribution < -0.4 is 5.32 Å². The topological polar surface area (TPSA) is 30.5 Å². The van der Waals surface area contributed by atoms with E-state index in [0.717, 1.165) is 26.3 Å². The average molecular weight is 173 g/mol. The van der Waals surface area contributed by atoms with E-state index in [2.05, 4.69) is 5.32 Å². The number of rotatable bonds is 7. The van der Waals surface area contributed by atoms with E-state index in [1.54, 1.807) is 7.11 Å². The van der Waals surface area contributed by atoms with E-state index < -0.39 is 0 Å². The molecule has 0 aromatic carbocycles. The van der Waals surface area contributed by atoms with Crippen molar-refractivity contribution in [2.75, 3.05) is 33.4 Å². The highest BCUT2D eigenvalue weighted by Gasteiger charge is 2.16.